The average molecular weight is 700 g/mol. The summed E-state index contributed by atoms with van der Waals surface area (Å²) in [4.78, 5) is 0. The van der Waals surface area contributed by atoms with E-state index in [-0.39, 0.29) is 0 Å². The van der Waals surface area contributed by atoms with Gasteiger partial charge in [-0.25, -0.2) is 0 Å². The van der Waals surface area contributed by atoms with Gasteiger partial charge in [-0.2, -0.15) is 10.5 Å². The second kappa shape index (κ2) is 11.8. The Balaban J connectivity index is 1.15. The van der Waals surface area contributed by atoms with E-state index in [1.807, 2.05) is 36.4 Å². The standard InChI is InChI=1S/C50H29N5/c51-30-33-12-10-23-45-48(33)39-16-3-7-21-43(39)53(45)35-28-26-32(27-29-35)36-18-9-13-34(31-52)50(36)55-44-22-8-4-17-40(44)49-46(24-11-25-47(49)55)54-41-19-5-1-14-37(41)38-15-2-6-20-42(38)54/h1-29H. The van der Waals surface area contributed by atoms with Crippen molar-refractivity contribution in [3.63, 3.8) is 0 Å². The number of rotatable bonds is 4. The molecular formula is C50H29N5. The summed E-state index contributed by atoms with van der Waals surface area (Å²) < 4.78 is 6.89. The molecule has 0 saturated carbocycles. The molecule has 0 radical (unpaired) electrons. The van der Waals surface area contributed by atoms with Gasteiger partial charge in [0.2, 0.25) is 0 Å². The van der Waals surface area contributed by atoms with Crippen molar-refractivity contribution in [2.75, 3.05) is 0 Å². The van der Waals surface area contributed by atoms with E-state index in [2.05, 4.69) is 165 Å². The predicted molar refractivity (Wildman–Crippen MR) is 224 cm³/mol. The Hall–Kier alpha value is -7.86. The van der Waals surface area contributed by atoms with Crippen LogP contribution in [0.4, 0.5) is 0 Å². The van der Waals surface area contributed by atoms with E-state index in [4.69, 9.17) is 0 Å². The quantitative estimate of drug-likeness (QED) is 0.184. The van der Waals surface area contributed by atoms with Crippen molar-refractivity contribution in [3.05, 3.63) is 187 Å². The number of aromatic nitrogens is 3. The van der Waals surface area contributed by atoms with Gasteiger partial charge >= 0.3 is 0 Å². The summed E-state index contributed by atoms with van der Waals surface area (Å²) in [6.45, 7) is 0. The fourth-order valence-corrected chi connectivity index (χ4v) is 8.90. The Kier molecular flexibility index (Phi) is 6.61. The molecular weight excluding hydrogens is 671 g/mol. The number of nitriles is 2. The van der Waals surface area contributed by atoms with Gasteiger partial charge in [0.15, 0.2) is 0 Å². The lowest BCUT2D eigenvalue weighted by Crippen LogP contribution is -2.01. The molecule has 11 rings (SSSR count). The molecule has 8 aromatic carbocycles. The monoisotopic (exact) mass is 699 g/mol. The summed E-state index contributed by atoms with van der Waals surface area (Å²) >= 11 is 0. The number of hydrogen-bond donors (Lipinski definition) is 0. The molecule has 5 heteroatoms. The van der Waals surface area contributed by atoms with E-state index >= 15 is 0 Å². The van der Waals surface area contributed by atoms with Crippen LogP contribution in [0.2, 0.25) is 0 Å². The van der Waals surface area contributed by atoms with Crippen LogP contribution in [0.25, 0.3) is 93.6 Å². The van der Waals surface area contributed by atoms with Gasteiger partial charge < -0.3 is 13.7 Å². The van der Waals surface area contributed by atoms with E-state index in [9.17, 15) is 10.5 Å². The molecule has 0 unspecified atom stereocenters. The Morgan fingerprint density at radius 1 is 0.345 bits per heavy atom. The maximum absolute atomic E-state index is 10.7. The molecule has 0 amide bonds. The van der Waals surface area contributed by atoms with Crippen LogP contribution in [0, 0.1) is 22.7 Å². The molecule has 0 aliphatic heterocycles. The van der Waals surface area contributed by atoms with E-state index in [1.54, 1.807) is 0 Å². The molecule has 11 aromatic rings. The van der Waals surface area contributed by atoms with Crippen LogP contribution < -0.4 is 0 Å². The fraction of sp³-hybridized carbons (Fsp3) is 0. The van der Waals surface area contributed by atoms with Crippen LogP contribution in [0.1, 0.15) is 11.1 Å². The number of nitrogens with zero attached hydrogens (tertiary/aromatic N) is 5. The average Bonchev–Trinajstić information content (AvgIpc) is 3.89. The van der Waals surface area contributed by atoms with Crippen LogP contribution in [-0.4, -0.2) is 13.7 Å². The van der Waals surface area contributed by atoms with Crippen molar-refractivity contribution in [2.45, 2.75) is 0 Å². The van der Waals surface area contributed by atoms with Gasteiger partial charge in [-0.15, -0.1) is 0 Å². The number of benzene rings is 8. The van der Waals surface area contributed by atoms with Crippen molar-refractivity contribution >= 4 is 65.4 Å². The Labute approximate surface area is 316 Å². The number of para-hydroxylation sites is 5. The minimum atomic E-state index is 0.595. The summed E-state index contributed by atoms with van der Waals surface area (Å²) in [7, 11) is 0. The molecule has 0 aliphatic rings. The first-order valence-corrected chi connectivity index (χ1v) is 18.3. The lowest BCUT2D eigenvalue weighted by molar-refractivity contribution is 1.16. The lowest BCUT2D eigenvalue weighted by Gasteiger charge is -2.17. The topological polar surface area (TPSA) is 62.4 Å². The van der Waals surface area contributed by atoms with Crippen LogP contribution in [0.3, 0.4) is 0 Å². The van der Waals surface area contributed by atoms with Crippen LogP contribution >= 0.6 is 0 Å². The molecule has 0 bridgehead atoms. The number of hydrogen-bond acceptors (Lipinski definition) is 2. The molecule has 0 fully saturated rings. The molecule has 5 nitrogen and oxygen atoms in total. The van der Waals surface area contributed by atoms with Crippen molar-refractivity contribution in [1.29, 1.82) is 10.5 Å². The maximum Gasteiger partial charge on any atom is 0.101 e. The Bertz CT molecular complexity index is 3400. The van der Waals surface area contributed by atoms with E-state index < -0.39 is 0 Å². The van der Waals surface area contributed by atoms with Crippen molar-refractivity contribution in [2.24, 2.45) is 0 Å². The van der Waals surface area contributed by atoms with Crippen molar-refractivity contribution in [1.82, 2.24) is 13.7 Å². The minimum absolute atomic E-state index is 0.595. The highest BCUT2D eigenvalue weighted by Crippen LogP contribution is 2.42. The van der Waals surface area contributed by atoms with Gasteiger partial charge in [-0.05, 0) is 72.3 Å². The number of fused-ring (bicyclic) bond motifs is 9. The molecule has 254 valence electrons. The first-order chi connectivity index (χ1) is 27.2. The fourth-order valence-electron chi connectivity index (χ4n) is 8.90. The van der Waals surface area contributed by atoms with Gasteiger partial charge in [0.25, 0.3) is 0 Å². The van der Waals surface area contributed by atoms with E-state index in [0.717, 1.165) is 82.8 Å². The smallest absolute Gasteiger partial charge is 0.101 e. The predicted octanol–water partition coefficient (Wildman–Crippen LogP) is 12.4. The molecule has 0 atom stereocenters. The minimum Gasteiger partial charge on any atom is -0.309 e. The van der Waals surface area contributed by atoms with Gasteiger partial charge in [0, 0.05) is 43.6 Å². The normalized spacial score (nSPS) is 11.6. The summed E-state index contributed by atoms with van der Waals surface area (Å²) in [6, 6.07) is 65.9. The molecule has 3 heterocycles. The zero-order valence-electron chi connectivity index (χ0n) is 29.5. The van der Waals surface area contributed by atoms with E-state index in [1.165, 1.54) is 10.8 Å². The summed E-state index contributed by atoms with van der Waals surface area (Å²) in [5.74, 6) is 0. The molecule has 0 saturated heterocycles. The first-order valence-electron chi connectivity index (χ1n) is 18.3. The van der Waals surface area contributed by atoms with Gasteiger partial charge in [0.05, 0.1) is 61.7 Å². The molecule has 0 N–H and O–H groups in total. The third-order valence-corrected chi connectivity index (χ3v) is 11.1. The summed E-state index contributed by atoms with van der Waals surface area (Å²) in [6.07, 6.45) is 0. The van der Waals surface area contributed by atoms with Gasteiger partial charge in [-0.1, -0.05) is 109 Å². The maximum atomic E-state index is 10.7. The third kappa shape index (κ3) is 4.33. The Morgan fingerprint density at radius 3 is 1.45 bits per heavy atom. The zero-order chi connectivity index (χ0) is 36.6. The molecule has 3 aromatic heterocycles. The highest BCUT2D eigenvalue weighted by atomic mass is 15.0. The van der Waals surface area contributed by atoms with Gasteiger partial charge in [0.1, 0.15) is 6.07 Å². The van der Waals surface area contributed by atoms with Crippen molar-refractivity contribution < 1.29 is 0 Å². The zero-order valence-corrected chi connectivity index (χ0v) is 29.5. The van der Waals surface area contributed by atoms with Crippen molar-refractivity contribution in [3.8, 4) is 40.3 Å². The van der Waals surface area contributed by atoms with E-state index in [0.29, 0.717) is 11.1 Å². The highest BCUT2D eigenvalue weighted by Gasteiger charge is 2.23. The van der Waals surface area contributed by atoms with Gasteiger partial charge in [-0.3, -0.25) is 0 Å². The highest BCUT2D eigenvalue weighted by molar-refractivity contribution is 6.17. The summed E-state index contributed by atoms with van der Waals surface area (Å²) in [5.41, 5.74) is 12.6. The van der Waals surface area contributed by atoms with Crippen LogP contribution in [0.15, 0.2) is 176 Å². The SMILES string of the molecule is N#Cc1cccc(-c2ccc(-n3c4ccccc4c4c(C#N)cccc43)cc2)c1-n1c2ccccc2c2c(-n3c4ccccc4c4ccccc43)cccc21. The van der Waals surface area contributed by atoms with Crippen LogP contribution in [0.5, 0.6) is 0 Å². The Morgan fingerprint density at radius 2 is 0.818 bits per heavy atom. The largest absolute Gasteiger partial charge is 0.309 e. The lowest BCUT2D eigenvalue weighted by atomic mass is 9.99. The van der Waals surface area contributed by atoms with Crippen LogP contribution in [-0.2, 0) is 0 Å². The molecule has 0 spiro atoms. The molecule has 55 heavy (non-hydrogen) atoms. The summed E-state index contributed by atoms with van der Waals surface area (Å²) in [5, 5.41) is 27.4. The third-order valence-electron chi connectivity index (χ3n) is 11.1. The molecule has 0 aliphatic carbocycles. The first kappa shape index (κ1) is 30.7. The second-order valence-electron chi connectivity index (χ2n) is 13.9. The second-order valence-corrected chi connectivity index (χ2v) is 13.9.